The van der Waals surface area contributed by atoms with Crippen molar-refractivity contribution in [3.63, 3.8) is 0 Å². The predicted octanol–water partition coefficient (Wildman–Crippen LogP) is 2.12. The van der Waals surface area contributed by atoms with E-state index in [0.29, 0.717) is 30.2 Å². The van der Waals surface area contributed by atoms with Crippen LogP contribution in [0.4, 0.5) is 10.5 Å². The highest BCUT2D eigenvalue weighted by molar-refractivity contribution is 6.32. The lowest BCUT2D eigenvalue weighted by Gasteiger charge is -2.15. The lowest BCUT2D eigenvalue weighted by molar-refractivity contribution is 0.176. The van der Waals surface area contributed by atoms with Crippen LogP contribution in [0.2, 0.25) is 5.02 Å². The molecule has 21 heavy (non-hydrogen) atoms. The van der Waals surface area contributed by atoms with Gasteiger partial charge < -0.3 is 15.3 Å². The molecule has 3 rings (SSSR count). The van der Waals surface area contributed by atoms with Crippen molar-refractivity contribution in [3.8, 4) is 5.69 Å². The Kier molecular flexibility index (Phi) is 3.81. The number of likely N-dealkylation sites (tertiary alicyclic amines) is 1. The van der Waals surface area contributed by atoms with Crippen LogP contribution in [-0.4, -0.2) is 45.0 Å². The SMILES string of the molecule is O=C(Nc1cnn(-c2ccccc2Cl)c1)N1CC[C@@H](O)C1. The Morgan fingerprint density at radius 2 is 2.24 bits per heavy atom. The highest BCUT2D eigenvalue weighted by Gasteiger charge is 2.24. The molecule has 1 atom stereocenters. The minimum atomic E-state index is -0.429. The van der Waals surface area contributed by atoms with Crippen LogP contribution in [0.15, 0.2) is 36.7 Å². The van der Waals surface area contributed by atoms with E-state index in [1.54, 1.807) is 28.0 Å². The average molecular weight is 307 g/mol. The number of nitrogens with zero attached hydrogens (tertiary/aromatic N) is 3. The summed E-state index contributed by atoms with van der Waals surface area (Å²) in [6.07, 6.45) is 3.45. The second kappa shape index (κ2) is 5.75. The summed E-state index contributed by atoms with van der Waals surface area (Å²) in [4.78, 5) is 13.6. The van der Waals surface area contributed by atoms with Gasteiger partial charge in [0.25, 0.3) is 0 Å². The molecule has 0 unspecified atom stereocenters. The Labute approximate surface area is 126 Å². The number of nitrogens with one attached hydrogen (secondary N) is 1. The zero-order valence-electron chi connectivity index (χ0n) is 11.2. The molecule has 2 N–H and O–H groups in total. The fourth-order valence-electron chi connectivity index (χ4n) is 2.29. The van der Waals surface area contributed by atoms with Gasteiger partial charge in [-0.1, -0.05) is 23.7 Å². The number of carbonyl (C=O) groups is 1. The number of hydrogen-bond acceptors (Lipinski definition) is 3. The number of aromatic nitrogens is 2. The van der Waals surface area contributed by atoms with Crippen molar-refractivity contribution < 1.29 is 9.90 Å². The Balaban J connectivity index is 1.71. The smallest absolute Gasteiger partial charge is 0.322 e. The molecule has 1 aliphatic heterocycles. The first-order chi connectivity index (χ1) is 10.1. The maximum Gasteiger partial charge on any atom is 0.322 e. The number of halogens is 1. The lowest BCUT2D eigenvalue weighted by Crippen LogP contribution is -2.33. The number of aliphatic hydroxyl groups is 1. The first-order valence-corrected chi connectivity index (χ1v) is 7.05. The van der Waals surface area contributed by atoms with Crippen LogP contribution in [0.5, 0.6) is 0 Å². The summed E-state index contributed by atoms with van der Waals surface area (Å²) in [5.74, 6) is 0. The number of hydrogen-bond donors (Lipinski definition) is 2. The number of para-hydroxylation sites is 1. The zero-order chi connectivity index (χ0) is 14.8. The molecule has 0 radical (unpaired) electrons. The summed E-state index contributed by atoms with van der Waals surface area (Å²) < 4.78 is 1.61. The molecule has 1 aliphatic rings. The molecular weight excluding hydrogens is 292 g/mol. The molecule has 0 saturated carbocycles. The third kappa shape index (κ3) is 3.01. The Bertz CT molecular complexity index is 658. The van der Waals surface area contributed by atoms with Crippen molar-refractivity contribution in [2.75, 3.05) is 18.4 Å². The first-order valence-electron chi connectivity index (χ1n) is 6.67. The second-order valence-electron chi connectivity index (χ2n) is 4.94. The highest BCUT2D eigenvalue weighted by atomic mass is 35.5. The van der Waals surface area contributed by atoms with Crippen molar-refractivity contribution >= 4 is 23.3 Å². The molecule has 0 spiro atoms. The molecule has 1 aromatic carbocycles. The van der Waals surface area contributed by atoms with E-state index < -0.39 is 6.10 Å². The van der Waals surface area contributed by atoms with Gasteiger partial charge in [0.2, 0.25) is 0 Å². The molecule has 1 saturated heterocycles. The van der Waals surface area contributed by atoms with Gasteiger partial charge in [0.15, 0.2) is 0 Å². The molecule has 7 heteroatoms. The van der Waals surface area contributed by atoms with E-state index in [2.05, 4.69) is 10.4 Å². The number of urea groups is 1. The van der Waals surface area contributed by atoms with Crippen LogP contribution in [0, 0.1) is 0 Å². The van der Waals surface area contributed by atoms with E-state index in [4.69, 9.17) is 11.6 Å². The molecule has 110 valence electrons. The largest absolute Gasteiger partial charge is 0.391 e. The molecular formula is C14H15ClN4O2. The number of β-amino-alcohol motifs (C(OH)–C–C–N with tert-alkyl or cyclic N) is 1. The van der Waals surface area contributed by atoms with E-state index in [1.165, 1.54) is 0 Å². The molecule has 2 aromatic rings. The summed E-state index contributed by atoms with van der Waals surface area (Å²) in [6.45, 7) is 0.927. The standard InChI is InChI=1S/C14H15ClN4O2/c15-12-3-1-2-4-13(12)19-8-10(7-16-19)17-14(21)18-6-5-11(20)9-18/h1-4,7-8,11,20H,5-6,9H2,(H,17,21)/t11-/m1/s1. The van der Waals surface area contributed by atoms with E-state index >= 15 is 0 Å². The summed E-state index contributed by atoms with van der Waals surface area (Å²) in [5.41, 5.74) is 1.33. The van der Waals surface area contributed by atoms with Crippen molar-refractivity contribution in [3.05, 3.63) is 41.7 Å². The average Bonchev–Trinajstić information content (AvgIpc) is 3.08. The fourth-order valence-corrected chi connectivity index (χ4v) is 2.51. The molecule has 1 aromatic heterocycles. The third-order valence-electron chi connectivity index (χ3n) is 3.38. The van der Waals surface area contributed by atoms with Crippen LogP contribution >= 0.6 is 11.6 Å². The van der Waals surface area contributed by atoms with Gasteiger partial charge in [0.1, 0.15) is 0 Å². The van der Waals surface area contributed by atoms with Crippen LogP contribution in [0.25, 0.3) is 5.69 Å². The highest BCUT2D eigenvalue weighted by Crippen LogP contribution is 2.20. The van der Waals surface area contributed by atoms with Crippen molar-refractivity contribution in [2.45, 2.75) is 12.5 Å². The van der Waals surface area contributed by atoms with E-state index in [0.717, 1.165) is 5.69 Å². The van der Waals surface area contributed by atoms with Crippen LogP contribution in [0.3, 0.4) is 0 Å². The monoisotopic (exact) mass is 306 g/mol. The van der Waals surface area contributed by atoms with Gasteiger partial charge in [-0.15, -0.1) is 0 Å². The number of carbonyl (C=O) groups excluding carboxylic acids is 1. The van der Waals surface area contributed by atoms with Crippen LogP contribution in [0.1, 0.15) is 6.42 Å². The minimum absolute atomic E-state index is 0.231. The Hall–Kier alpha value is -2.05. The predicted molar refractivity (Wildman–Crippen MR) is 79.8 cm³/mol. The van der Waals surface area contributed by atoms with Crippen LogP contribution < -0.4 is 5.32 Å². The molecule has 0 bridgehead atoms. The molecule has 1 fully saturated rings. The number of benzene rings is 1. The summed E-state index contributed by atoms with van der Waals surface area (Å²) in [5, 5.41) is 17.0. The van der Waals surface area contributed by atoms with Gasteiger partial charge in [-0.25, -0.2) is 9.48 Å². The van der Waals surface area contributed by atoms with E-state index in [-0.39, 0.29) is 6.03 Å². The van der Waals surface area contributed by atoms with Gasteiger partial charge in [-0.05, 0) is 18.6 Å². The zero-order valence-corrected chi connectivity index (χ0v) is 12.0. The molecule has 6 nitrogen and oxygen atoms in total. The maximum atomic E-state index is 12.0. The molecule has 0 aliphatic carbocycles. The first kappa shape index (κ1) is 13.9. The molecule has 2 amide bonds. The van der Waals surface area contributed by atoms with E-state index in [9.17, 15) is 9.90 Å². The van der Waals surface area contributed by atoms with Crippen molar-refractivity contribution in [2.24, 2.45) is 0 Å². The van der Waals surface area contributed by atoms with Crippen LogP contribution in [-0.2, 0) is 0 Å². The summed E-state index contributed by atoms with van der Waals surface area (Å²) in [6, 6.07) is 7.11. The number of amides is 2. The Morgan fingerprint density at radius 3 is 2.95 bits per heavy atom. The van der Waals surface area contributed by atoms with Gasteiger partial charge in [0, 0.05) is 13.1 Å². The normalized spacial score (nSPS) is 18.0. The third-order valence-corrected chi connectivity index (χ3v) is 3.70. The van der Waals surface area contributed by atoms with Gasteiger partial charge >= 0.3 is 6.03 Å². The minimum Gasteiger partial charge on any atom is -0.391 e. The maximum absolute atomic E-state index is 12.0. The Morgan fingerprint density at radius 1 is 1.43 bits per heavy atom. The summed E-state index contributed by atoms with van der Waals surface area (Å²) in [7, 11) is 0. The second-order valence-corrected chi connectivity index (χ2v) is 5.35. The van der Waals surface area contributed by atoms with Gasteiger partial charge in [-0.2, -0.15) is 5.10 Å². The van der Waals surface area contributed by atoms with Crippen molar-refractivity contribution in [1.82, 2.24) is 14.7 Å². The fraction of sp³-hybridized carbons (Fsp3) is 0.286. The molecule has 2 heterocycles. The number of anilines is 1. The number of rotatable bonds is 2. The number of aliphatic hydroxyl groups excluding tert-OH is 1. The van der Waals surface area contributed by atoms with Gasteiger partial charge in [0.05, 0.1) is 34.9 Å². The van der Waals surface area contributed by atoms with Gasteiger partial charge in [-0.3, -0.25) is 0 Å². The topological polar surface area (TPSA) is 70.4 Å². The van der Waals surface area contributed by atoms with E-state index in [1.807, 2.05) is 18.2 Å². The van der Waals surface area contributed by atoms with Crippen molar-refractivity contribution in [1.29, 1.82) is 0 Å². The summed E-state index contributed by atoms with van der Waals surface area (Å²) >= 11 is 6.11. The quantitative estimate of drug-likeness (QED) is 0.893. The lowest BCUT2D eigenvalue weighted by atomic mass is 10.3.